The van der Waals surface area contributed by atoms with Gasteiger partial charge in [0.15, 0.2) is 0 Å². The normalized spacial score (nSPS) is 21.3. The molecule has 1 N–H and O–H groups in total. The van der Waals surface area contributed by atoms with Crippen LogP contribution in [0, 0.1) is 5.92 Å². The van der Waals surface area contributed by atoms with Crippen molar-refractivity contribution in [2.24, 2.45) is 5.92 Å². The van der Waals surface area contributed by atoms with Crippen LogP contribution in [0.2, 0.25) is 0 Å². The van der Waals surface area contributed by atoms with Crippen LogP contribution >= 0.6 is 15.9 Å². The Kier molecular flexibility index (Phi) is 4.90. The van der Waals surface area contributed by atoms with Gasteiger partial charge in [0.05, 0.1) is 23.1 Å². The molecule has 0 spiro atoms. The van der Waals surface area contributed by atoms with E-state index in [0.717, 1.165) is 46.8 Å². The molecule has 1 heterocycles. The van der Waals surface area contributed by atoms with Gasteiger partial charge >= 0.3 is 0 Å². The first-order chi connectivity index (χ1) is 11.1. The predicted molar refractivity (Wildman–Crippen MR) is 93.7 cm³/mol. The topological polar surface area (TPSA) is 56.2 Å². The number of nitrogens with one attached hydrogen (secondary N) is 1. The number of benzene rings is 1. The van der Waals surface area contributed by atoms with Crippen LogP contribution in [-0.4, -0.2) is 29.8 Å². The molecule has 1 aliphatic carbocycles. The van der Waals surface area contributed by atoms with Gasteiger partial charge in [-0.15, -0.1) is 0 Å². The highest BCUT2D eigenvalue weighted by Gasteiger charge is 2.24. The summed E-state index contributed by atoms with van der Waals surface area (Å²) in [6.45, 7) is 0. The molecule has 0 radical (unpaired) electrons. The van der Waals surface area contributed by atoms with E-state index in [1.54, 1.807) is 14.2 Å². The maximum absolute atomic E-state index is 11.5. The number of rotatable bonds is 4. The third-order valence-electron chi connectivity index (χ3n) is 4.74. The van der Waals surface area contributed by atoms with Crippen LogP contribution < -0.4 is 10.1 Å². The van der Waals surface area contributed by atoms with Crippen molar-refractivity contribution in [3.8, 4) is 5.75 Å². The van der Waals surface area contributed by atoms with Crippen LogP contribution in [0.1, 0.15) is 38.1 Å². The average Bonchev–Trinajstić information content (AvgIpc) is 2.97. The summed E-state index contributed by atoms with van der Waals surface area (Å²) < 4.78 is 8.37. The van der Waals surface area contributed by atoms with Crippen molar-refractivity contribution in [1.82, 2.24) is 15.1 Å². The molecule has 1 aromatic carbocycles. The number of amides is 1. The van der Waals surface area contributed by atoms with E-state index >= 15 is 0 Å². The lowest BCUT2D eigenvalue weighted by Gasteiger charge is -2.28. The Labute approximate surface area is 144 Å². The Balaban J connectivity index is 1.71. The zero-order valence-corrected chi connectivity index (χ0v) is 15.1. The molecule has 0 aliphatic heterocycles. The average molecular weight is 380 g/mol. The number of nitrogens with zero attached hydrogens (tertiary/aromatic N) is 2. The Bertz CT molecular complexity index is 705. The fourth-order valence-electron chi connectivity index (χ4n) is 3.37. The number of hydrogen-bond donors (Lipinski definition) is 1. The summed E-state index contributed by atoms with van der Waals surface area (Å²) in [7, 11) is 3.37. The number of aromatic nitrogens is 2. The van der Waals surface area contributed by atoms with Crippen LogP contribution in [0.3, 0.4) is 0 Å². The Morgan fingerprint density at radius 2 is 2.13 bits per heavy atom. The molecule has 2 aromatic rings. The molecule has 0 atom stereocenters. The minimum absolute atomic E-state index is 0.148. The molecule has 1 amide bonds. The van der Waals surface area contributed by atoms with Gasteiger partial charge in [-0.3, -0.25) is 9.48 Å². The molecule has 0 unspecified atom stereocenters. The van der Waals surface area contributed by atoms with Crippen LogP contribution in [0.4, 0.5) is 0 Å². The molecule has 124 valence electrons. The van der Waals surface area contributed by atoms with Crippen molar-refractivity contribution >= 4 is 32.7 Å². The summed E-state index contributed by atoms with van der Waals surface area (Å²) >= 11 is 3.52. The van der Waals surface area contributed by atoms with Crippen LogP contribution in [0.25, 0.3) is 10.9 Å². The number of methoxy groups -OCH3 is 1. The van der Waals surface area contributed by atoms with E-state index in [1.807, 2.05) is 6.07 Å². The molecule has 1 aliphatic rings. The van der Waals surface area contributed by atoms with E-state index in [1.165, 1.54) is 0 Å². The van der Waals surface area contributed by atoms with Crippen molar-refractivity contribution < 1.29 is 9.53 Å². The highest BCUT2D eigenvalue weighted by molar-refractivity contribution is 9.10. The number of carbonyl (C=O) groups excluding carboxylic acids is 1. The number of halogens is 1. The molecular formula is C17H22BrN3O2. The van der Waals surface area contributed by atoms with E-state index in [9.17, 15) is 4.79 Å². The van der Waals surface area contributed by atoms with Gasteiger partial charge in [0.2, 0.25) is 5.91 Å². The number of carbonyl (C=O) groups is 1. The molecule has 0 saturated heterocycles. The van der Waals surface area contributed by atoms with Gasteiger partial charge in [0, 0.05) is 31.1 Å². The summed E-state index contributed by atoms with van der Waals surface area (Å²) in [6, 6.07) is 4.44. The zero-order chi connectivity index (χ0) is 16.4. The van der Waals surface area contributed by atoms with Gasteiger partial charge in [-0.05, 0) is 53.6 Å². The molecule has 5 nitrogen and oxygen atoms in total. The van der Waals surface area contributed by atoms with Crippen molar-refractivity contribution in [2.45, 2.75) is 38.1 Å². The first kappa shape index (κ1) is 16.3. The molecule has 23 heavy (non-hydrogen) atoms. The molecule has 1 fully saturated rings. The second-order valence-electron chi connectivity index (χ2n) is 6.21. The third kappa shape index (κ3) is 3.52. The second kappa shape index (κ2) is 6.91. The summed E-state index contributed by atoms with van der Waals surface area (Å²) in [6.07, 6.45) is 7.09. The third-order valence-corrected chi connectivity index (χ3v) is 5.36. The minimum atomic E-state index is 0.148. The summed E-state index contributed by atoms with van der Waals surface area (Å²) in [4.78, 5) is 11.5. The summed E-state index contributed by atoms with van der Waals surface area (Å²) in [5.74, 6) is 1.46. The first-order valence-corrected chi connectivity index (χ1v) is 8.83. The minimum Gasteiger partial charge on any atom is -0.495 e. The highest BCUT2D eigenvalue weighted by Crippen LogP contribution is 2.35. The maximum Gasteiger partial charge on any atom is 0.220 e. The smallest absolute Gasteiger partial charge is 0.220 e. The largest absolute Gasteiger partial charge is 0.495 e. The van der Waals surface area contributed by atoms with E-state index in [-0.39, 0.29) is 5.91 Å². The zero-order valence-electron chi connectivity index (χ0n) is 13.5. The van der Waals surface area contributed by atoms with E-state index < -0.39 is 0 Å². The maximum atomic E-state index is 11.5. The number of hydrogen-bond acceptors (Lipinski definition) is 3. The SMILES string of the molecule is CNC(=O)CC1CCC(n2cc3cc(Br)c(OC)cc3n2)CC1. The lowest BCUT2D eigenvalue weighted by atomic mass is 9.84. The standard InChI is InChI=1S/C17H22BrN3O2/c1-19-17(22)7-11-3-5-13(6-4-11)21-10-12-8-14(18)16(23-2)9-15(12)20-21/h8-11,13H,3-7H2,1-2H3,(H,19,22). The molecule has 3 rings (SSSR count). The van der Waals surface area contributed by atoms with E-state index in [4.69, 9.17) is 9.84 Å². The van der Waals surface area contributed by atoms with E-state index in [2.05, 4.69) is 38.2 Å². The Hall–Kier alpha value is -1.56. The molecule has 6 heteroatoms. The number of ether oxygens (including phenoxy) is 1. The van der Waals surface area contributed by atoms with Gasteiger partial charge in [-0.1, -0.05) is 0 Å². The molecule has 1 aromatic heterocycles. The van der Waals surface area contributed by atoms with Crippen LogP contribution in [0.5, 0.6) is 5.75 Å². The lowest BCUT2D eigenvalue weighted by molar-refractivity contribution is -0.121. The predicted octanol–water partition coefficient (Wildman–Crippen LogP) is 3.67. The van der Waals surface area contributed by atoms with Gasteiger partial charge in [0.1, 0.15) is 5.75 Å². The van der Waals surface area contributed by atoms with Gasteiger partial charge in [-0.2, -0.15) is 5.10 Å². The van der Waals surface area contributed by atoms with Crippen molar-refractivity contribution in [3.63, 3.8) is 0 Å². The van der Waals surface area contributed by atoms with Crippen molar-refractivity contribution in [2.75, 3.05) is 14.2 Å². The van der Waals surface area contributed by atoms with Crippen molar-refractivity contribution in [3.05, 3.63) is 22.8 Å². The molecule has 0 bridgehead atoms. The van der Waals surface area contributed by atoms with E-state index in [0.29, 0.717) is 18.4 Å². The highest BCUT2D eigenvalue weighted by atomic mass is 79.9. The first-order valence-electron chi connectivity index (χ1n) is 8.03. The molecular weight excluding hydrogens is 358 g/mol. The van der Waals surface area contributed by atoms with Crippen LogP contribution in [0.15, 0.2) is 22.8 Å². The van der Waals surface area contributed by atoms with Crippen molar-refractivity contribution in [1.29, 1.82) is 0 Å². The van der Waals surface area contributed by atoms with Gasteiger partial charge in [-0.25, -0.2) is 0 Å². The summed E-state index contributed by atoms with van der Waals surface area (Å²) in [5, 5.41) is 8.56. The summed E-state index contributed by atoms with van der Waals surface area (Å²) in [5.41, 5.74) is 0.956. The van der Waals surface area contributed by atoms with Gasteiger partial charge in [0.25, 0.3) is 0 Å². The second-order valence-corrected chi connectivity index (χ2v) is 7.06. The number of fused-ring (bicyclic) bond motifs is 1. The molecule has 1 saturated carbocycles. The lowest BCUT2D eigenvalue weighted by Crippen LogP contribution is -2.25. The fraction of sp³-hybridized carbons (Fsp3) is 0.529. The van der Waals surface area contributed by atoms with Crippen LogP contribution in [-0.2, 0) is 4.79 Å². The Morgan fingerprint density at radius 3 is 2.78 bits per heavy atom. The quantitative estimate of drug-likeness (QED) is 0.881. The fourth-order valence-corrected chi connectivity index (χ4v) is 3.89. The monoisotopic (exact) mass is 379 g/mol. The van der Waals surface area contributed by atoms with Gasteiger partial charge < -0.3 is 10.1 Å². The Morgan fingerprint density at radius 1 is 1.39 bits per heavy atom.